The van der Waals surface area contributed by atoms with Gasteiger partial charge in [-0.2, -0.15) is 5.26 Å². The van der Waals surface area contributed by atoms with Gasteiger partial charge in [-0.15, -0.1) is 0 Å². The first-order valence-electron chi connectivity index (χ1n) is 4.88. The van der Waals surface area contributed by atoms with Crippen molar-refractivity contribution in [3.05, 3.63) is 36.0 Å². The number of aliphatic hydroxyl groups excluding tert-OH is 1. The van der Waals surface area contributed by atoms with E-state index in [1.54, 1.807) is 13.0 Å². The predicted octanol–water partition coefficient (Wildman–Crippen LogP) is 1.89. The molecule has 0 bridgehead atoms. The second-order valence-electron chi connectivity index (χ2n) is 3.67. The zero-order chi connectivity index (χ0) is 10.8. The van der Waals surface area contributed by atoms with E-state index in [1.165, 1.54) is 0 Å². The number of aromatic nitrogens is 1. The molecule has 0 aliphatic rings. The standard InChI is InChI=1S/C12H12N2O/c1-9(15)8-14-6-5-11-10(7-13)3-2-4-12(11)14/h2-6,9,15H,8H2,1H3. The number of nitriles is 1. The SMILES string of the molecule is CC(O)Cn1ccc2c(C#N)cccc21. The Labute approximate surface area is 88.2 Å². The normalized spacial score (nSPS) is 12.6. The Morgan fingerprint density at radius 1 is 1.47 bits per heavy atom. The first-order valence-corrected chi connectivity index (χ1v) is 4.88. The molecule has 0 aliphatic heterocycles. The van der Waals surface area contributed by atoms with Crippen molar-refractivity contribution in [3.8, 4) is 6.07 Å². The number of rotatable bonds is 2. The van der Waals surface area contributed by atoms with Gasteiger partial charge < -0.3 is 9.67 Å². The van der Waals surface area contributed by atoms with Crippen molar-refractivity contribution in [2.45, 2.75) is 19.6 Å². The third-order valence-electron chi connectivity index (χ3n) is 2.40. The van der Waals surface area contributed by atoms with E-state index in [-0.39, 0.29) is 6.10 Å². The third kappa shape index (κ3) is 1.72. The molecule has 3 heteroatoms. The van der Waals surface area contributed by atoms with Crippen LogP contribution in [0.2, 0.25) is 0 Å². The Morgan fingerprint density at radius 2 is 2.27 bits per heavy atom. The van der Waals surface area contributed by atoms with Crippen LogP contribution in [0.4, 0.5) is 0 Å². The zero-order valence-corrected chi connectivity index (χ0v) is 8.51. The molecular formula is C12H12N2O. The quantitative estimate of drug-likeness (QED) is 0.804. The van der Waals surface area contributed by atoms with E-state index < -0.39 is 0 Å². The fourth-order valence-corrected chi connectivity index (χ4v) is 1.76. The summed E-state index contributed by atoms with van der Waals surface area (Å²) in [7, 11) is 0. The number of benzene rings is 1. The highest BCUT2D eigenvalue weighted by Crippen LogP contribution is 2.19. The summed E-state index contributed by atoms with van der Waals surface area (Å²) in [6, 6.07) is 9.69. The van der Waals surface area contributed by atoms with Gasteiger partial charge in [0.1, 0.15) is 0 Å². The van der Waals surface area contributed by atoms with Gasteiger partial charge in [0.2, 0.25) is 0 Å². The van der Waals surface area contributed by atoms with E-state index in [0.717, 1.165) is 10.9 Å². The monoisotopic (exact) mass is 200 g/mol. The maximum atomic E-state index is 9.32. The van der Waals surface area contributed by atoms with Gasteiger partial charge in [0.05, 0.1) is 17.7 Å². The number of hydrogen-bond donors (Lipinski definition) is 1. The summed E-state index contributed by atoms with van der Waals surface area (Å²) in [5.74, 6) is 0. The van der Waals surface area contributed by atoms with Crippen LogP contribution in [-0.2, 0) is 6.54 Å². The lowest BCUT2D eigenvalue weighted by Crippen LogP contribution is -2.10. The van der Waals surface area contributed by atoms with Crippen LogP contribution in [0.1, 0.15) is 12.5 Å². The summed E-state index contributed by atoms with van der Waals surface area (Å²) in [4.78, 5) is 0. The van der Waals surface area contributed by atoms with Crippen molar-refractivity contribution < 1.29 is 5.11 Å². The van der Waals surface area contributed by atoms with Gasteiger partial charge in [0.25, 0.3) is 0 Å². The minimum atomic E-state index is -0.383. The number of hydrogen-bond acceptors (Lipinski definition) is 2. The van der Waals surface area contributed by atoms with Gasteiger partial charge in [0, 0.05) is 23.6 Å². The van der Waals surface area contributed by atoms with Crippen molar-refractivity contribution in [2.75, 3.05) is 0 Å². The third-order valence-corrected chi connectivity index (χ3v) is 2.40. The van der Waals surface area contributed by atoms with E-state index in [0.29, 0.717) is 12.1 Å². The summed E-state index contributed by atoms with van der Waals surface area (Å²) in [5, 5.41) is 19.2. The molecule has 0 amide bonds. The van der Waals surface area contributed by atoms with Gasteiger partial charge in [-0.1, -0.05) is 6.07 Å². The lowest BCUT2D eigenvalue weighted by atomic mass is 10.1. The molecule has 3 nitrogen and oxygen atoms in total. The average molecular weight is 200 g/mol. The molecule has 15 heavy (non-hydrogen) atoms. The minimum Gasteiger partial charge on any atom is -0.392 e. The molecule has 0 spiro atoms. The van der Waals surface area contributed by atoms with Gasteiger partial charge in [0.15, 0.2) is 0 Å². The van der Waals surface area contributed by atoms with Crippen LogP contribution in [-0.4, -0.2) is 15.8 Å². The molecule has 1 N–H and O–H groups in total. The Kier molecular flexibility index (Phi) is 2.44. The molecule has 0 saturated heterocycles. The van der Waals surface area contributed by atoms with Crippen LogP contribution in [0.15, 0.2) is 30.5 Å². The van der Waals surface area contributed by atoms with E-state index >= 15 is 0 Å². The Morgan fingerprint density at radius 3 is 2.93 bits per heavy atom. The molecule has 0 radical (unpaired) electrons. The molecule has 0 saturated carbocycles. The van der Waals surface area contributed by atoms with Crippen LogP contribution in [0.25, 0.3) is 10.9 Å². The first kappa shape index (κ1) is 9.75. The maximum Gasteiger partial charge on any atom is 0.0998 e. The summed E-state index contributed by atoms with van der Waals surface area (Å²) in [6.07, 6.45) is 1.52. The molecule has 76 valence electrons. The van der Waals surface area contributed by atoms with E-state index in [4.69, 9.17) is 5.26 Å². The van der Waals surface area contributed by atoms with E-state index in [1.807, 2.05) is 29.0 Å². The van der Waals surface area contributed by atoms with E-state index in [2.05, 4.69) is 6.07 Å². The Bertz CT molecular complexity index is 520. The molecule has 1 unspecified atom stereocenters. The molecule has 2 rings (SSSR count). The Hall–Kier alpha value is -1.79. The summed E-state index contributed by atoms with van der Waals surface area (Å²) >= 11 is 0. The predicted molar refractivity (Wildman–Crippen MR) is 58.3 cm³/mol. The fraction of sp³-hybridized carbons (Fsp3) is 0.250. The van der Waals surface area contributed by atoms with Crippen LogP contribution in [0.3, 0.4) is 0 Å². The zero-order valence-electron chi connectivity index (χ0n) is 8.51. The second kappa shape index (κ2) is 3.76. The van der Waals surface area contributed by atoms with Gasteiger partial charge in [-0.25, -0.2) is 0 Å². The van der Waals surface area contributed by atoms with Gasteiger partial charge in [-0.05, 0) is 25.1 Å². The van der Waals surface area contributed by atoms with Crippen LogP contribution in [0.5, 0.6) is 0 Å². The summed E-state index contributed by atoms with van der Waals surface area (Å²) in [5.41, 5.74) is 1.67. The second-order valence-corrected chi connectivity index (χ2v) is 3.67. The van der Waals surface area contributed by atoms with E-state index in [9.17, 15) is 5.11 Å². The maximum absolute atomic E-state index is 9.32. The van der Waals surface area contributed by atoms with Crippen molar-refractivity contribution in [2.24, 2.45) is 0 Å². The molecule has 1 aromatic carbocycles. The highest BCUT2D eigenvalue weighted by molar-refractivity contribution is 5.85. The summed E-state index contributed by atoms with van der Waals surface area (Å²) < 4.78 is 1.96. The van der Waals surface area contributed by atoms with Crippen LogP contribution in [0, 0.1) is 11.3 Å². The minimum absolute atomic E-state index is 0.383. The number of aliphatic hydroxyl groups is 1. The molecule has 2 aromatic rings. The topological polar surface area (TPSA) is 49.0 Å². The lowest BCUT2D eigenvalue weighted by molar-refractivity contribution is 0.175. The van der Waals surface area contributed by atoms with Gasteiger partial charge >= 0.3 is 0 Å². The van der Waals surface area contributed by atoms with Crippen molar-refractivity contribution >= 4 is 10.9 Å². The number of fused-ring (bicyclic) bond motifs is 1. The highest BCUT2D eigenvalue weighted by Gasteiger charge is 2.06. The molecule has 0 fully saturated rings. The Balaban J connectivity index is 2.57. The molecule has 1 atom stereocenters. The summed E-state index contributed by atoms with van der Waals surface area (Å²) in [6.45, 7) is 2.30. The largest absolute Gasteiger partial charge is 0.392 e. The van der Waals surface area contributed by atoms with Crippen molar-refractivity contribution in [1.82, 2.24) is 4.57 Å². The average Bonchev–Trinajstić information content (AvgIpc) is 2.61. The molecule has 1 heterocycles. The highest BCUT2D eigenvalue weighted by atomic mass is 16.3. The van der Waals surface area contributed by atoms with Gasteiger partial charge in [-0.3, -0.25) is 0 Å². The van der Waals surface area contributed by atoms with Crippen LogP contribution >= 0.6 is 0 Å². The molecule has 1 aromatic heterocycles. The van der Waals surface area contributed by atoms with Crippen molar-refractivity contribution in [3.63, 3.8) is 0 Å². The smallest absolute Gasteiger partial charge is 0.0998 e. The molecule has 0 aliphatic carbocycles. The lowest BCUT2D eigenvalue weighted by Gasteiger charge is -2.07. The first-order chi connectivity index (χ1) is 7.22. The number of nitrogens with zero attached hydrogens (tertiary/aromatic N) is 2. The fourth-order valence-electron chi connectivity index (χ4n) is 1.76. The molecular weight excluding hydrogens is 188 g/mol. The van der Waals surface area contributed by atoms with Crippen molar-refractivity contribution in [1.29, 1.82) is 5.26 Å². The van der Waals surface area contributed by atoms with Crippen LogP contribution < -0.4 is 0 Å².